The van der Waals surface area contributed by atoms with Gasteiger partial charge in [0.1, 0.15) is 5.69 Å². The number of hydrogen-bond acceptors (Lipinski definition) is 3. The summed E-state index contributed by atoms with van der Waals surface area (Å²) in [5.41, 5.74) is 0.590. The first-order valence-electron chi connectivity index (χ1n) is 6.68. The summed E-state index contributed by atoms with van der Waals surface area (Å²) >= 11 is 0. The molecule has 1 atom stereocenters. The molecule has 1 aromatic heterocycles. The molecule has 100 valence electrons. The number of H-pyrrole nitrogens is 1. The van der Waals surface area contributed by atoms with Crippen LogP contribution in [0.3, 0.4) is 0 Å². The first kappa shape index (κ1) is 13.1. The molecule has 1 aliphatic heterocycles. The van der Waals surface area contributed by atoms with E-state index in [0.29, 0.717) is 17.7 Å². The van der Waals surface area contributed by atoms with Crippen molar-refractivity contribution in [3.05, 3.63) is 18.2 Å². The van der Waals surface area contributed by atoms with E-state index in [9.17, 15) is 4.79 Å². The predicted molar refractivity (Wildman–Crippen MR) is 70.4 cm³/mol. The van der Waals surface area contributed by atoms with Crippen LogP contribution in [0.5, 0.6) is 0 Å². The number of amides is 1. The van der Waals surface area contributed by atoms with Gasteiger partial charge in [-0.25, -0.2) is 4.98 Å². The van der Waals surface area contributed by atoms with Gasteiger partial charge in [-0.15, -0.1) is 0 Å². The van der Waals surface area contributed by atoms with Gasteiger partial charge in [-0.1, -0.05) is 13.8 Å². The molecule has 1 fully saturated rings. The fourth-order valence-electron chi connectivity index (χ4n) is 2.36. The molecule has 0 radical (unpaired) electrons. The highest BCUT2D eigenvalue weighted by Gasteiger charge is 2.24. The van der Waals surface area contributed by atoms with Gasteiger partial charge in [-0.2, -0.15) is 0 Å². The van der Waals surface area contributed by atoms with Crippen LogP contribution < -0.4 is 5.32 Å². The van der Waals surface area contributed by atoms with Gasteiger partial charge in [-0.3, -0.25) is 4.79 Å². The van der Waals surface area contributed by atoms with Crippen LogP contribution in [0, 0.1) is 5.92 Å². The highest BCUT2D eigenvalue weighted by atomic mass is 16.2. The fraction of sp³-hybridized carbons (Fsp3) is 0.692. The highest BCUT2D eigenvalue weighted by molar-refractivity contribution is 5.92. The molecule has 2 heterocycles. The van der Waals surface area contributed by atoms with Gasteiger partial charge in [0.15, 0.2) is 0 Å². The monoisotopic (exact) mass is 250 g/mol. The van der Waals surface area contributed by atoms with E-state index >= 15 is 0 Å². The lowest BCUT2D eigenvalue weighted by molar-refractivity contribution is 0.0667. The Bertz CT molecular complexity index is 374. The minimum absolute atomic E-state index is 0.0711. The van der Waals surface area contributed by atoms with Gasteiger partial charge in [0.2, 0.25) is 0 Å². The smallest absolute Gasteiger partial charge is 0.271 e. The maximum absolute atomic E-state index is 12.2. The fourth-order valence-corrected chi connectivity index (χ4v) is 2.36. The second-order valence-electron chi connectivity index (χ2n) is 5.29. The Labute approximate surface area is 108 Å². The number of aromatic amines is 1. The quantitative estimate of drug-likeness (QED) is 0.845. The summed E-state index contributed by atoms with van der Waals surface area (Å²) in [5.74, 6) is 0.634. The van der Waals surface area contributed by atoms with Gasteiger partial charge < -0.3 is 15.2 Å². The predicted octanol–water partition coefficient (Wildman–Crippen LogP) is 1.26. The van der Waals surface area contributed by atoms with Crippen molar-refractivity contribution >= 4 is 5.91 Å². The first-order valence-corrected chi connectivity index (χ1v) is 6.68. The minimum atomic E-state index is 0.0711. The van der Waals surface area contributed by atoms with Gasteiger partial charge in [-0.05, 0) is 25.3 Å². The van der Waals surface area contributed by atoms with Crippen LogP contribution in [0.1, 0.15) is 37.2 Å². The van der Waals surface area contributed by atoms with E-state index in [1.165, 1.54) is 6.42 Å². The van der Waals surface area contributed by atoms with Crippen LogP contribution >= 0.6 is 0 Å². The van der Waals surface area contributed by atoms with Crippen LogP contribution in [0.2, 0.25) is 0 Å². The summed E-state index contributed by atoms with van der Waals surface area (Å²) in [6.45, 7) is 6.99. The molecular weight excluding hydrogens is 228 g/mol. The Morgan fingerprint density at radius 1 is 1.67 bits per heavy atom. The summed E-state index contributed by atoms with van der Waals surface area (Å²) in [7, 11) is 0. The molecule has 0 saturated carbocycles. The lowest BCUT2D eigenvalue weighted by Crippen LogP contribution is -2.43. The Kier molecular flexibility index (Phi) is 4.36. The van der Waals surface area contributed by atoms with Crippen molar-refractivity contribution in [1.29, 1.82) is 0 Å². The molecule has 1 amide bonds. The maximum Gasteiger partial charge on any atom is 0.271 e. The molecular formula is C13H22N4O. The molecule has 0 aliphatic carbocycles. The molecule has 2 rings (SSSR count). The third kappa shape index (κ3) is 3.32. The summed E-state index contributed by atoms with van der Waals surface area (Å²) in [6.07, 6.45) is 5.43. The lowest BCUT2D eigenvalue weighted by Gasteiger charge is -2.33. The van der Waals surface area contributed by atoms with E-state index in [1.54, 1.807) is 12.5 Å². The van der Waals surface area contributed by atoms with Crippen molar-refractivity contribution in [3.63, 3.8) is 0 Å². The summed E-state index contributed by atoms with van der Waals surface area (Å²) < 4.78 is 0. The molecule has 0 aromatic carbocycles. The largest absolute Gasteiger partial charge is 0.341 e. The van der Waals surface area contributed by atoms with Crippen molar-refractivity contribution in [1.82, 2.24) is 20.2 Å². The number of likely N-dealkylation sites (tertiary alicyclic amines) is 1. The number of nitrogens with one attached hydrogen (secondary N) is 2. The molecule has 0 spiro atoms. The Hall–Kier alpha value is -1.36. The van der Waals surface area contributed by atoms with Crippen LogP contribution in [0.25, 0.3) is 0 Å². The van der Waals surface area contributed by atoms with E-state index in [4.69, 9.17) is 0 Å². The van der Waals surface area contributed by atoms with Crippen LogP contribution in [0.15, 0.2) is 12.5 Å². The van der Waals surface area contributed by atoms with Crippen LogP contribution in [-0.2, 0) is 0 Å². The molecule has 1 aromatic rings. The molecule has 1 aliphatic rings. The van der Waals surface area contributed by atoms with E-state index in [2.05, 4.69) is 29.1 Å². The second kappa shape index (κ2) is 6.00. The van der Waals surface area contributed by atoms with Gasteiger partial charge in [0.25, 0.3) is 5.91 Å². The third-order valence-corrected chi connectivity index (χ3v) is 3.35. The van der Waals surface area contributed by atoms with E-state index in [-0.39, 0.29) is 5.91 Å². The highest BCUT2D eigenvalue weighted by Crippen LogP contribution is 2.17. The minimum Gasteiger partial charge on any atom is -0.341 e. The molecule has 5 nitrogen and oxygen atoms in total. The Morgan fingerprint density at radius 3 is 3.17 bits per heavy atom. The van der Waals surface area contributed by atoms with Crippen LogP contribution in [0.4, 0.5) is 0 Å². The number of rotatable bonds is 4. The zero-order valence-electron chi connectivity index (χ0n) is 11.1. The van der Waals surface area contributed by atoms with E-state index < -0.39 is 0 Å². The molecule has 1 unspecified atom stereocenters. The molecule has 2 N–H and O–H groups in total. The third-order valence-electron chi connectivity index (χ3n) is 3.35. The van der Waals surface area contributed by atoms with Gasteiger partial charge >= 0.3 is 0 Å². The van der Waals surface area contributed by atoms with Crippen molar-refractivity contribution in [2.45, 2.75) is 32.7 Å². The van der Waals surface area contributed by atoms with Crippen molar-refractivity contribution < 1.29 is 4.79 Å². The zero-order valence-corrected chi connectivity index (χ0v) is 11.1. The Balaban J connectivity index is 1.88. The van der Waals surface area contributed by atoms with Crippen LogP contribution in [-0.4, -0.2) is 46.5 Å². The number of aromatic nitrogens is 2. The first-order chi connectivity index (χ1) is 8.66. The molecule has 5 heteroatoms. The number of carbonyl (C=O) groups excluding carboxylic acids is 1. The molecule has 0 bridgehead atoms. The number of carbonyl (C=O) groups is 1. The second-order valence-corrected chi connectivity index (χ2v) is 5.29. The van der Waals surface area contributed by atoms with E-state index in [0.717, 1.165) is 26.1 Å². The summed E-state index contributed by atoms with van der Waals surface area (Å²) in [5, 5.41) is 3.45. The topological polar surface area (TPSA) is 61.0 Å². The number of imidazole rings is 1. The van der Waals surface area contributed by atoms with Gasteiger partial charge in [0.05, 0.1) is 12.5 Å². The zero-order chi connectivity index (χ0) is 13.0. The standard InChI is InChI=1S/C13H22N4O/c1-10(2)15-6-11-4-3-5-17(8-11)13(18)12-7-14-9-16-12/h7,9-11,15H,3-6,8H2,1-2H3,(H,14,16). The summed E-state index contributed by atoms with van der Waals surface area (Å²) in [4.78, 5) is 20.9. The number of piperidine rings is 1. The van der Waals surface area contributed by atoms with Gasteiger partial charge in [0, 0.05) is 19.1 Å². The summed E-state index contributed by atoms with van der Waals surface area (Å²) in [6, 6.07) is 0.503. The van der Waals surface area contributed by atoms with Crippen molar-refractivity contribution in [2.75, 3.05) is 19.6 Å². The van der Waals surface area contributed by atoms with Crippen molar-refractivity contribution in [2.24, 2.45) is 5.92 Å². The molecule has 18 heavy (non-hydrogen) atoms. The van der Waals surface area contributed by atoms with E-state index in [1.807, 2.05) is 4.90 Å². The Morgan fingerprint density at radius 2 is 2.50 bits per heavy atom. The number of hydrogen-bond donors (Lipinski definition) is 2. The molecule has 1 saturated heterocycles. The lowest BCUT2D eigenvalue weighted by atomic mass is 9.97. The normalized spacial score (nSPS) is 20.4. The number of nitrogens with zero attached hydrogens (tertiary/aromatic N) is 2. The average Bonchev–Trinajstić information content (AvgIpc) is 2.89. The van der Waals surface area contributed by atoms with Crippen molar-refractivity contribution in [3.8, 4) is 0 Å². The SMILES string of the molecule is CC(C)NCC1CCCN(C(=O)c2cnc[nH]2)C1. The maximum atomic E-state index is 12.2. The average molecular weight is 250 g/mol.